The number of rotatable bonds is 5. The minimum Gasteiger partial charge on any atom is -0.493 e. The van der Waals surface area contributed by atoms with E-state index in [1.54, 1.807) is 6.20 Å². The molecule has 1 aromatic rings. The lowest BCUT2D eigenvalue weighted by molar-refractivity contribution is 0.0496. The Morgan fingerprint density at radius 3 is 3.06 bits per heavy atom. The van der Waals surface area contributed by atoms with Gasteiger partial charge in [0, 0.05) is 37.7 Å². The first-order valence-electron chi connectivity index (χ1n) is 6.18. The van der Waals surface area contributed by atoms with Crippen LogP contribution in [-0.4, -0.2) is 31.9 Å². The molecule has 0 amide bonds. The van der Waals surface area contributed by atoms with E-state index in [4.69, 9.17) is 9.47 Å². The van der Waals surface area contributed by atoms with E-state index >= 15 is 0 Å². The minimum atomic E-state index is 0.624. The first-order chi connectivity index (χ1) is 8.40. The maximum Gasteiger partial charge on any atom is 0.126 e. The van der Waals surface area contributed by atoms with E-state index in [2.05, 4.69) is 10.3 Å². The van der Waals surface area contributed by atoms with Crippen LogP contribution in [0.1, 0.15) is 18.4 Å². The van der Waals surface area contributed by atoms with Crippen molar-refractivity contribution >= 4 is 0 Å². The molecule has 1 aliphatic heterocycles. The second-order valence-electron chi connectivity index (χ2n) is 4.38. The van der Waals surface area contributed by atoms with Crippen molar-refractivity contribution in [1.82, 2.24) is 10.3 Å². The number of nitrogens with one attached hydrogen (secondary N) is 1. The van der Waals surface area contributed by atoms with Crippen LogP contribution in [-0.2, 0) is 11.3 Å². The normalized spacial score (nSPS) is 17.0. The minimum absolute atomic E-state index is 0.624. The number of hydrogen-bond donors (Lipinski definition) is 1. The van der Waals surface area contributed by atoms with Crippen molar-refractivity contribution in [2.24, 2.45) is 5.92 Å². The number of aromatic nitrogens is 1. The first kappa shape index (κ1) is 12.3. The third kappa shape index (κ3) is 3.68. The van der Waals surface area contributed by atoms with Gasteiger partial charge in [-0.2, -0.15) is 0 Å². The molecule has 1 saturated heterocycles. The summed E-state index contributed by atoms with van der Waals surface area (Å²) >= 11 is 0. The van der Waals surface area contributed by atoms with Crippen molar-refractivity contribution in [3.05, 3.63) is 24.0 Å². The SMILES string of the molecule is CNCc1cnccc1OCC1CCOCC1. The lowest BCUT2D eigenvalue weighted by Crippen LogP contribution is -2.22. The number of pyridine rings is 1. The summed E-state index contributed by atoms with van der Waals surface area (Å²) in [6.45, 7) is 3.31. The van der Waals surface area contributed by atoms with Crippen LogP contribution in [0.2, 0.25) is 0 Å². The molecule has 0 radical (unpaired) electrons. The Hall–Kier alpha value is -1.13. The molecule has 2 rings (SSSR count). The summed E-state index contributed by atoms with van der Waals surface area (Å²) in [6.07, 6.45) is 5.84. The van der Waals surface area contributed by atoms with Crippen LogP contribution < -0.4 is 10.1 Å². The van der Waals surface area contributed by atoms with E-state index in [1.165, 1.54) is 0 Å². The van der Waals surface area contributed by atoms with Crippen LogP contribution in [0.3, 0.4) is 0 Å². The van der Waals surface area contributed by atoms with Gasteiger partial charge in [-0.05, 0) is 31.9 Å². The fourth-order valence-corrected chi connectivity index (χ4v) is 2.00. The Kier molecular flexibility index (Phi) is 4.76. The average molecular weight is 236 g/mol. The molecule has 0 saturated carbocycles. The summed E-state index contributed by atoms with van der Waals surface area (Å²) in [7, 11) is 1.93. The van der Waals surface area contributed by atoms with Gasteiger partial charge >= 0.3 is 0 Å². The molecule has 1 N–H and O–H groups in total. The van der Waals surface area contributed by atoms with Crippen LogP contribution in [0.5, 0.6) is 5.75 Å². The van der Waals surface area contributed by atoms with E-state index in [-0.39, 0.29) is 0 Å². The summed E-state index contributed by atoms with van der Waals surface area (Å²) in [5, 5.41) is 3.12. The molecular weight excluding hydrogens is 216 g/mol. The standard InChI is InChI=1S/C13H20N2O2/c1-14-8-12-9-15-5-2-13(12)17-10-11-3-6-16-7-4-11/h2,5,9,11,14H,3-4,6-8,10H2,1H3. The molecule has 94 valence electrons. The molecular formula is C13H20N2O2. The van der Waals surface area contributed by atoms with Crippen LogP contribution in [0.15, 0.2) is 18.5 Å². The maximum absolute atomic E-state index is 5.89. The molecule has 1 aliphatic rings. The predicted molar refractivity (Wildman–Crippen MR) is 66.0 cm³/mol. The van der Waals surface area contributed by atoms with Crippen molar-refractivity contribution in [2.75, 3.05) is 26.9 Å². The van der Waals surface area contributed by atoms with Gasteiger partial charge < -0.3 is 14.8 Å². The lowest BCUT2D eigenvalue weighted by Gasteiger charge is -2.22. The smallest absolute Gasteiger partial charge is 0.126 e. The second kappa shape index (κ2) is 6.57. The highest BCUT2D eigenvalue weighted by Gasteiger charge is 2.15. The van der Waals surface area contributed by atoms with E-state index in [9.17, 15) is 0 Å². The van der Waals surface area contributed by atoms with Crippen molar-refractivity contribution in [3.8, 4) is 5.75 Å². The van der Waals surface area contributed by atoms with Gasteiger partial charge in [0.05, 0.1) is 6.61 Å². The Morgan fingerprint density at radius 1 is 1.47 bits per heavy atom. The van der Waals surface area contributed by atoms with Gasteiger partial charge in [0.25, 0.3) is 0 Å². The number of nitrogens with zero attached hydrogens (tertiary/aromatic N) is 1. The highest BCUT2D eigenvalue weighted by atomic mass is 16.5. The predicted octanol–water partition coefficient (Wildman–Crippen LogP) is 1.61. The molecule has 17 heavy (non-hydrogen) atoms. The van der Waals surface area contributed by atoms with Crippen molar-refractivity contribution in [2.45, 2.75) is 19.4 Å². The van der Waals surface area contributed by atoms with Crippen molar-refractivity contribution in [3.63, 3.8) is 0 Å². The summed E-state index contributed by atoms with van der Waals surface area (Å²) in [5.74, 6) is 1.57. The Balaban J connectivity index is 1.88. The highest BCUT2D eigenvalue weighted by Crippen LogP contribution is 2.20. The fourth-order valence-electron chi connectivity index (χ4n) is 2.00. The summed E-state index contributed by atoms with van der Waals surface area (Å²) in [5.41, 5.74) is 1.11. The molecule has 0 aliphatic carbocycles. The fraction of sp³-hybridized carbons (Fsp3) is 0.615. The van der Waals surface area contributed by atoms with E-state index < -0.39 is 0 Å². The lowest BCUT2D eigenvalue weighted by atomic mass is 10.0. The number of ether oxygens (including phenoxy) is 2. The van der Waals surface area contributed by atoms with E-state index in [0.29, 0.717) is 5.92 Å². The van der Waals surface area contributed by atoms with Gasteiger partial charge in [-0.25, -0.2) is 0 Å². The molecule has 1 aromatic heterocycles. The molecule has 4 heteroatoms. The first-order valence-corrected chi connectivity index (χ1v) is 6.18. The van der Waals surface area contributed by atoms with E-state index in [1.807, 2.05) is 19.3 Å². The van der Waals surface area contributed by atoms with Gasteiger partial charge in [-0.3, -0.25) is 4.98 Å². The van der Waals surface area contributed by atoms with Gasteiger partial charge in [-0.15, -0.1) is 0 Å². The Morgan fingerprint density at radius 2 is 2.29 bits per heavy atom. The molecule has 1 fully saturated rings. The average Bonchev–Trinajstić information content (AvgIpc) is 2.39. The summed E-state index contributed by atoms with van der Waals surface area (Å²) < 4.78 is 11.2. The quantitative estimate of drug-likeness (QED) is 0.843. The van der Waals surface area contributed by atoms with Gasteiger partial charge in [-0.1, -0.05) is 0 Å². The zero-order chi connectivity index (χ0) is 11.9. The second-order valence-corrected chi connectivity index (χ2v) is 4.38. The molecule has 0 bridgehead atoms. The zero-order valence-corrected chi connectivity index (χ0v) is 10.3. The van der Waals surface area contributed by atoms with Crippen LogP contribution in [0.25, 0.3) is 0 Å². The molecule has 4 nitrogen and oxygen atoms in total. The molecule has 0 aromatic carbocycles. The van der Waals surface area contributed by atoms with Crippen molar-refractivity contribution in [1.29, 1.82) is 0 Å². The van der Waals surface area contributed by atoms with E-state index in [0.717, 1.165) is 50.5 Å². The van der Waals surface area contributed by atoms with Gasteiger partial charge in [0.2, 0.25) is 0 Å². The van der Waals surface area contributed by atoms with Crippen LogP contribution in [0, 0.1) is 5.92 Å². The Bertz CT molecular complexity index is 338. The third-order valence-corrected chi connectivity index (χ3v) is 3.04. The summed E-state index contributed by atoms with van der Waals surface area (Å²) in [6, 6.07) is 1.94. The molecule has 0 unspecified atom stereocenters. The topological polar surface area (TPSA) is 43.4 Å². The van der Waals surface area contributed by atoms with Gasteiger partial charge in [0.15, 0.2) is 0 Å². The van der Waals surface area contributed by atoms with Crippen LogP contribution >= 0.6 is 0 Å². The zero-order valence-electron chi connectivity index (χ0n) is 10.3. The maximum atomic E-state index is 5.89. The number of hydrogen-bond acceptors (Lipinski definition) is 4. The molecule has 2 heterocycles. The van der Waals surface area contributed by atoms with Crippen LogP contribution in [0.4, 0.5) is 0 Å². The Labute approximate surface area is 102 Å². The molecule has 0 spiro atoms. The largest absolute Gasteiger partial charge is 0.493 e. The highest BCUT2D eigenvalue weighted by molar-refractivity contribution is 5.29. The third-order valence-electron chi connectivity index (χ3n) is 3.04. The van der Waals surface area contributed by atoms with Crippen molar-refractivity contribution < 1.29 is 9.47 Å². The molecule has 0 atom stereocenters. The van der Waals surface area contributed by atoms with Gasteiger partial charge in [0.1, 0.15) is 5.75 Å². The summed E-state index contributed by atoms with van der Waals surface area (Å²) in [4.78, 5) is 4.12. The monoisotopic (exact) mass is 236 g/mol.